The van der Waals surface area contributed by atoms with Gasteiger partial charge in [0.15, 0.2) is 18.2 Å². The lowest BCUT2D eigenvalue weighted by Gasteiger charge is -2.02. The average Bonchev–Trinajstić information content (AvgIpc) is 2.52. The van der Waals surface area contributed by atoms with Gasteiger partial charge in [-0.2, -0.15) is 4.57 Å². The first-order chi connectivity index (χ1) is 8.40. The Morgan fingerprint density at radius 2 is 1.89 bits per heavy atom. The third-order valence-corrected chi connectivity index (χ3v) is 4.14. The number of thiophene rings is 1. The molecule has 94 valence electrons. The van der Waals surface area contributed by atoms with Crippen LogP contribution in [-0.2, 0) is 12.6 Å². The van der Waals surface area contributed by atoms with Crippen LogP contribution in [-0.4, -0.2) is 5.78 Å². The normalized spacial score (nSPS) is 10.6. The van der Waals surface area contributed by atoms with E-state index in [2.05, 4.69) is 6.07 Å². The number of Topliss-reactive ketones (excluding diaryl/α,β-unsaturated/α-hetero) is 1. The Morgan fingerprint density at radius 3 is 2.33 bits per heavy atom. The Labute approximate surface area is 116 Å². The highest BCUT2D eigenvalue weighted by atomic mass is 32.2. The van der Waals surface area contributed by atoms with E-state index in [4.69, 9.17) is 18.4 Å². The molecule has 0 aliphatic carbocycles. The first-order valence-electron chi connectivity index (χ1n) is 5.50. The van der Waals surface area contributed by atoms with Crippen molar-refractivity contribution in [2.45, 2.75) is 25.0 Å². The van der Waals surface area contributed by atoms with Gasteiger partial charge in [-0.25, -0.2) is 0 Å². The van der Waals surface area contributed by atoms with Gasteiger partial charge in [-0.3, -0.25) is 4.79 Å². The van der Waals surface area contributed by atoms with E-state index in [-0.39, 0.29) is 5.78 Å². The maximum Gasteiger partial charge on any atom is 0.222 e. The van der Waals surface area contributed by atoms with Crippen LogP contribution in [0.3, 0.4) is 0 Å². The Hall–Kier alpha value is -1.46. The molecule has 0 spiro atoms. The number of ketones is 1. The molecule has 3 nitrogen and oxygen atoms in total. The van der Waals surface area contributed by atoms with Gasteiger partial charge in [0.2, 0.25) is 5.69 Å². The van der Waals surface area contributed by atoms with Crippen LogP contribution in [0.2, 0.25) is 0 Å². The van der Waals surface area contributed by atoms with Crippen LogP contribution >= 0.6 is 11.3 Å². The number of aromatic nitrogens is 1. The van der Waals surface area contributed by atoms with Crippen LogP contribution in [0.25, 0.3) is 5.69 Å². The Morgan fingerprint density at radius 1 is 1.33 bits per heavy atom. The van der Waals surface area contributed by atoms with Gasteiger partial charge in [-0.05, 0) is 31.0 Å². The van der Waals surface area contributed by atoms with Gasteiger partial charge in [-0.15, -0.1) is 0 Å². The molecule has 0 fully saturated rings. The number of rotatable bonds is 2. The number of pyridine rings is 1. The van der Waals surface area contributed by atoms with Crippen molar-refractivity contribution >= 4 is 35.4 Å². The Balaban J connectivity index is 2.67. The van der Waals surface area contributed by atoms with Gasteiger partial charge in [-0.1, -0.05) is 0 Å². The first-order valence-corrected chi connectivity index (χ1v) is 6.72. The molecule has 0 atom stereocenters. The van der Waals surface area contributed by atoms with Crippen molar-refractivity contribution in [3.8, 4) is 5.69 Å². The molecule has 0 amide bonds. The zero-order valence-corrected chi connectivity index (χ0v) is 12.1. The van der Waals surface area contributed by atoms with Crippen molar-refractivity contribution in [1.29, 1.82) is 0 Å². The molecule has 0 unspecified atom stereocenters. The standard InChI is InChI=1S/C13H14N2OS2/c1-7-4-8(2)6-15(5-7)11-10(14)12(9(3)16)18-13(11)17/h4-6H,1-3H3,(H2-,14,16,17). The minimum atomic E-state index is -0.0418. The maximum atomic E-state index is 11.5. The predicted octanol–water partition coefficient (Wildman–Crippen LogP) is 2.33. The summed E-state index contributed by atoms with van der Waals surface area (Å²) >= 11 is 6.59. The molecular formula is C13H14N2OS2. The lowest BCUT2D eigenvalue weighted by atomic mass is 10.2. The lowest BCUT2D eigenvalue weighted by molar-refractivity contribution is -0.597. The minimum Gasteiger partial charge on any atom is -0.421 e. The topological polar surface area (TPSA) is 47.0 Å². The average molecular weight is 278 g/mol. The second kappa shape index (κ2) is 4.66. The number of nitrogens with zero attached hydrogens (tertiary/aromatic N) is 1. The molecule has 2 aromatic heterocycles. The molecule has 18 heavy (non-hydrogen) atoms. The minimum absolute atomic E-state index is 0.0418. The van der Waals surface area contributed by atoms with E-state index >= 15 is 0 Å². The number of carbonyl (C=O) groups excluding carboxylic acids is 1. The maximum absolute atomic E-state index is 11.5. The second-order valence-electron chi connectivity index (χ2n) is 4.33. The summed E-state index contributed by atoms with van der Waals surface area (Å²) in [4.78, 5) is 12.0. The van der Waals surface area contributed by atoms with Crippen molar-refractivity contribution in [2.24, 2.45) is 0 Å². The molecule has 2 heterocycles. The predicted molar refractivity (Wildman–Crippen MR) is 75.4 cm³/mol. The molecule has 5 heteroatoms. The molecule has 0 aliphatic heterocycles. The number of anilines is 1. The summed E-state index contributed by atoms with van der Waals surface area (Å²) in [5.41, 5.74) is 9.51. The van der Waals surface area contributed by atoms with Gasteiger partial charge in [0.25, 0.3) is 0 Å². The van der Waals surface area contributed by atoms with E-state index < -0.39 is 0 Å². The molecule has 2 rings (SSSR count). The van der Waals surface area contributed by atoms with Crippen molar-refractivity contribution in [2.75, 3.05) is 5.73 Å². The molecule has 0 aromatic carbocycles. The van der Waals surface area contributed by atoms with Crippen LogP contribution in [0, 0.1) is 13.8 Å². The number of nitrogens with two attached hydrogens (primary N) is 1. The van der Waals surface area contributed by atoms with Crippen LogP contribution in [0.4, 0.5) is 5.69 Å². The zero-order chi connectivity index (χ0) is 13.4. The van der Waals surface area contributed by atoms with Crippen LogP contribution in [0.5, 0.6) is 0 Å². The molecule has 0 aliphatic rings. The molecule has 0 bridgehead atoms. The number of aryl methyl sites for hydroxylation is 2. The molecular weight excluding hydrogens is 264 g/mol. The summed E-state index contributed by atoms with van der Waals surface area (Å²) in [6, 6.07) is 2.08. The molecule has 0 saturated heterocycles. The van der Waals surface area contributed by atoms with E-state index in [1.54, 1.807) is 0 Å². The highest BCUT2D eigenvalue weighted by Gasteiger charge is 2.18. The fourth-order valence-electron chi connectivity index (χ4n) is 1.96. The smallest absolute Gasteiger partial charge is 0.222 e. The monoisotopic (exact) mass is 278 g/mol. The van der Waals surface area contributed by atoms with Crippen molar-refractivity contribution < 1.29 is 9.36 Å². The van der Waals surface area contributed by atoms with E-state index in [0.717, 1.165) is 16.8 Å². The highest BCUT2D eigenvalue weighted by Crippen LogP contribution is 2.31. The van der Waals surface area contributed by atoms with Crippen molar-refractivity contribution in [3.63, 3.8) is 0 Å². The summed E-state index contributed by atoms with van der Waals surface area (Å²) < 4.78 is 2.55. The third-order valence-electron chi connectivity index (χ3n) is 2.61. The lowest BCUT2D eigenvalue weighted by Crippen LogP contribution is -2.32. The quantitative estimate of drug-likeness (QED) is 0.521. The van der Waals surface area contributed by atoms with E-state index in [1.165, 1.54) is 18.3 Å². The van der Waals surface area contributed by atoms with Crippen LogP contribution < -0.4 is 10.3 Å². The number of hydrogen-bond acceptors (Lipinski definition) is 4. The van der Waals surface area contributed by atoms with Crippen molar-refractivity contribution in [3.05, 3.63) is 34.5 Å². The number of hydrogen-bond donors (Lipinski definition) is 1. The Bertz CT molecular complexity index is 612. The van der Waals surface area contributed by atoms with Crippen molar-refractivity contribution in [1.82, 2.24) is 0 Å². The Kier molecular flexibility index (Phi) is 3.36. The summed E-state index contributed by atoms with van der Waals surface area (Å²) in [6.07, 6.45) is 3.93. The van der Waals surface area contributed by atoms with Gasteiger partial charge in [0.05, 0.1) is 0 Å². The fraction of sp³-hybridized carbons (Fsp3) is 0.231. The fourth-order valence-corrected chi connectivity index (χ4v) is 3.27. The van der Waals surface area contributed by atoms with E-state index in [9.17, 15) is 4.79 Å². The highest BCUT2D eigenvalue weighted by molar-refractivity contribution is 7.63. The van der Waals surface area contributed by atoms with Gasteiger partial charge >= 0.3 is 0 Å². The third kappa shape index (κ3) is 2.23. The summed E-state index contributed by atoms with van der Waals surface area (Å²) in [7, 11) is 0. The number of carbonyl (C=O) groups is 1. The largest absolute Gasteiger partial charge is 0.421 e. The summed E-state index contributed by atoms with van der Waals surface area (Å²) in [5.74, 6) is -0.0418. The molecule has 0 radical (unpaired) electrons. The van der Waals surface area contributed by atoms with Crippen LogP contribution in [0.15, 0.2) is 22.7 Å². The molecule has 0 saturated carbocycles. The SMILES string of the molecule is CC(=O)c1sc([S-])c(-[n+]2cc(C)cc(C)c2)c1N. The van der Waals surface area contributed by atoms with E-state index in [1.807, 2.05) is 30.8 Å². The first kappa shape index (κ1) is 13.0. The summed E-state index contributed by atoms with van der Waals surface area (Å²) in [6.45, 7) is 5.54. The van der Waals surface area contributed by atoms with Gasteiger partial charge in [0, 0.05) is 16.0 Å². The van der Waals surface area contributed by atoms with Crippen LogP contribution in [0.1, 0.15) is 27.7 Å². The molecule has 2 aromatic rings. The summed E-state index contributed by atoms with van der Waals surface area (Å²) in [5, 5.41) is 0. The second-order valence-corrected chi connectivity index (χ2v) is 6.02. The van der Waals surface area contributed by atoms with Gasteiger partial charge < -0.3 is 29.7 Å². The number of nitrogen functional groups attached to an aromatic ring is 1. The molecule has 2 N–H and O–H groups in total. The van der Waals surface area contributed by atoms with Gasteiger partial charge in [0.1, 0.15) is 5.69 Å². The zero-order valence-electron chi connectivity index (χ0n) is 10.5. The van der Waals surface area contributed by atoms with E-state index in [0.29, 0.717) is 14.8 Å².